The second-order valence-electron chi connectivity index (χ2n) is 4.47. The van der Waals surface area contributed by atoms with E-state index in [-0.39, 0.29) is 5.96 Å². The molecule has 0 aromatic heterocycles. The summed E-state index contributed by atoms with van der Waals surface area (Å²) in [7, 11) is 0. The minimum absolute atomic E-state index is 0.234. The van der Waals surface area contributed by atoms with E-state index in [1.165, 1.54) is 12.8 Å². The second-order valence-corrected chi connectivity index (χ2v) is 4.47. The molecule has 4 N–H and O–H groups in total. The molecule has 1 unspecified atom stereocenters. The molecule has 1 atom stereocenters. The fraction of sp³-hybridized carbons (Fsp3) is 0.889. The van der Waals surface area contributed by atoms with E-state index in [1.54, 1.807) is 0 Å². The Bertz CT molecular complexity index is 180. The van der Waals surface area contributed by atoms with Gasteiger partial charge in [0.15, 0.2) is 5.96 Å². The van der Waals surface area contributed by atoms with Gasteiger partial charge in [-0.3, -0.25) is 4.99 Å². The average Bonchev–Trinajstić information content (AvgIpc) is 1.82. The molecule has 0 heterocycles. The Morgan fingerprint density at radius 1 is 1.42 bits per heavy atom. The molecule has 0 bridgehead atoms. The van der Waals surface area contributed by atoms with Crippen LogP contribution in [0.25, 0.3) is 0 Å². The highest BCUT2D eigenvalue weighted by molar-refractivity contribution is 5.75. The molecule has 0 aliphatic heterocycles. The van der Waals surface area contributed by atoms with Gasteiger partial charge in [-0.25, -0.2) is 0 Å². The fourth-order valence-corrected chi connectivity index (χ4v) is 1.98. The molecule has 70 valence electrons. The lowest BCUT2D eigenvalue weighted by molar-refractivity contribution is 0.222. The number of nitrogens with two attached hydrogens (primary N) is 2. The van der Waals surface area contributed by atoms with Gasteiger partial charge in [0.25, 0.3) is 0 Å². The lowest BCUT2D eigenvalue weighted by Gasteiger charge is -2.33. The third kappa shape index (κ3) is 2.72. The van der Waals surface area contributed by atoms with Gasteiger partial charge in [-0.05, 0) is 24.7 Å². The highest BCUT2D eigenvalue weighted by atomic mass is 15.0. The Balaban J connectivity index is 2.52. The SMILES string of the molecule is CC1(C)CCCC(N=C(N)N)C1. The third-order valence-electron chi connectivity index (χ3n) is 2.51. The van der Waals surface area contributed by atoms with Crippen molar-refractivity contribution in [3.63, 3.8) is 0 Å². The number of nitrogens with zero attached hydrogens (tertiary/aromatic N) is 1. The Hall–Kier alpha value is -0.730. The standard InChI is InChI=1S/C9H19N3/c1-9(2)5-3-4-7(6-9)12-8(10)11/h7H,3-6H2,1-2H3,(H4,10,11,12). The van der Waals surface area contributed by atoms with Gasteiger partial charge >= 0.3 is 0 Å². The van der Waals surface area contributed by atoms with Gasteiger partial charge in [0.1, 0.15) is 0 Å². The molecule has 3 heteroatoms. The summed E-state index contributed by atoms with van der Waals surface area (Å²) in [5.74, 6) is 0.234. The Morgan fingerprint density at radius 2 is 2.08 bits per heavy atom. The molecule has 12 heavy (non-hydrogen) atoms. The first-order chi connectivity index (χ1) is 5.49. The van der Waals surface area contributed by atoms with Crippen LogP contribution in [0.5, 0.6) is 0 Å². The van der Waals surface area contributed by atoms with Crippen LogP contribution in [0.15, 0.2) is 4.99 Å². The minimum Gasteiger partial charge on any atom is -0.370 e. The molecule has 0 spiro atoms. The summed E-state index contributed by atoms with van der Waals surface area (Å²) in [5, 5.41) is 0. The molecule has 0 aromatic rings. The van der Waals surface area contributed by atoms with Crippen molar-refractivity contribution < 1.29 is 0 Å². The third-order valence-corrected chi connectivity index (χ3v) is 2.51. The minimum atomic E-state index is 0.234. The van der Waals surface area contributed by atoms with E-state index in [9.17, 15) is 0 Å². The number of rotatable bonds is 1. The first kappa shape index (κ1) is 9.36. The van der Waals surface area contributed by atoms with E-state index in [0.717, 1.165) is 12.8 Å². The number of hydrogen-bond donors (Lipinski definition) is 2. The predicted molar refractivity (Wildman–Crippen MR) is 51.8 cm³/mol. The molecule has 1 fully saturated rings. The van der Waals surface area contributed by atoms with Crippen LogP contribution in [0.4, 0.5) is 0 Å². The van der Waals surface area contributed by atoms with Gasteiger partial charge in [0, 0.05) is 0 Å². The second kappa shape index (κ2) is 3.33. The zero-order valence-corrected chi connectivity index (χ0v) is 8.01. The van der Waals surface area contributed by atoms with Crippen LogP contribution in [-0.4, -0.2) is 12.0 Å². The summed E-state index contributed by atoms with van der Waals surface area (Å²) in [6.45, 7) is 4.56. The molecular formula is C9H19N3. The molecule has 1 rings (SSSR count). The number of guanidine groups is 1. The van der Waals surface area contributed by atoms with Gasteiger partial charge < -0.3 is 11.5 Å². The zero-order valence-electron chi connectivity index (χ0n) is 8.01. The van der Waals surface area contributed by atoms with Crippen LogP contribution in [0.1, 0.15) is 39.5 Å². The van der Waals surface area contributed by atoms with Gasteiger partial charge in [-0.2, -0.15) is 0 Å². The highest BCUT2D eigenvalue weighted by Crippen LogP contribution is 2.36. The van der Waals surface area contributed by atoms with Gasteiger partial charge in [0.2, 0.25) is 0 Å². The van der Waals surface area contributed by atoms with E-state index in [1.807, 2.05) is 0 Å². The molecule has 0 aromatic carbocycles. The lowest BCUT2D eigenvalue weighted by Crippen LogP contribution is -2.30. The van der Waals surface area contributed by atoms with E-state index in [0.29, 0.717) is 11.5 Å². The fourth-order valence-electron chi connectivity index (χ4n) is 1.98. The van der Waals surface area contributed by atoms with Crippen LogP contribution in [0, 0.1) is 5.41 Å². The maximum atomic E-state index is 5.34. The van der Waals surface area contributed by atoms with Crippen molar-refractivity contribution in [2.45, 2.75) is 45.6 Å². The zero-order chi connectivity index (χ0) is 9.19. The molecule has 0 amide bonds. The van der Waals surface area contributed by atoms with Gasteiger partial charge in [-0.15, -0.1) is 0 Å². The van der Waals surface area contributed by atoms with Gasteiger partial charge in [-0.1, -0.05) is 20.3 Å². The van der Waals surface area contributed by atoms with E-state index in [2.05, 4.69) is 18.8 Å². The average molecular weight is 169 g/mol. The van der Waals surface area contributed by atoms with E-state index >= 15 is 0 Å². The lowest BCUT2D eigenvalue weighted by atomic mass is 9.75. The summed E-state index contributed by atoms with van der Waals surface area (Å²) in [6.07, 6.45) is 4.80. The topological polar surface area (TPSA) is 64.4 Å². The smallest absolute Gasteiger partial charge is 0.186 e. The van der Waals surface area contributed by atoms with Crippen LogP contribution in [0.3, 0.4) is 0 Å². The summed E-state index contributed by atoms with van der Waals surface area (Å²) >= 11 is 0. The van der Waals surface area contributed by atoms with Crippen molar-refractivity contribution in [2.75, 3.05) is 0 Å². The van der Waals surface area contributed by atoms with Crippen LogP contribution >= 0.6 is 0 Å². The summed E-state index contributed by atoms with van der Waals surface area (Å²) in [6, 6.07) is 0.360. The van der Waals surface area contributed by atoms with Crippen molar-refractivity contribution in [1.29, 1.82) is 0 Å². The maximum absolute atomic E-state index is 5.34. The molecular weight excluding hydrogens is 150 g/mol. The molecule has 3 nitrogen and oxygen atoms in total. The van der Waals surface area contributed by atoms with Crippen molar-refractivity contribution in [3.05, 3.63) is 0 Å². The summed E-state index contributed by atoms with van der Waals surface area (Å²) in [5.41, 5.74) is 11.1. The normalized spacial score (nSPS) is 28.0. The number of hydrogen-bond acceptors (Lipinski definition) is 1. The van der Waals surface area contributed by atoms with E-state index < -0.39 is 0 Å². The number of aliphatic imine (C=N–C) groups is 1. The monoisotopic (exact) mass is 169 g/mol. The summed E-state index contributed by atoms with van der Waals surface area (Å²) in [4.78, 5) is 4.20. The molecule has 1 aliphatic carbocycles. The highest BCUT2D eigenvalue weighted by Gasteiger charge is 2.27. The van der Waals surface area contributed by atoms with Crippen LogP contribution < -0.4 is 11.5 Å². The molecule has 1 aliphatic rings. The van der Waals surface area contributed by atoms with Crippen molar-refractivity contribution in [2.24, 2.45) is 21.9 Å². The molecule has 0 saturated heterocycles. The maximum Gasteiger partial charge on any atom is 0.186 e. The van der Waals surface area contributed by atoms with Crippen LogP contribution in [-0.2, 0) is 0 Å². The quantitative estimate of drug-likeness (QED) is 0.458. The Kier molecular flexibility index (Phi) is 2.60. The Morgan fingerprint density at radius 3 is 2.58 bits per heavy atom. The summed E-state index contributed by atoms with van der Waals surface area (Å²) < 4.78 is 0. The van der Waals surface area contributed by atoms with E-state index in [4.69, 9.17) is 11.5 Å². The van der Waals surface area contributed by atoms with Gasteiger partial charge in [0.05, 0.1) is 6.04 Å². The first-order valence-electron chi connectivity index (χ1n) is 4.58. The largest absolute Gasteiger partial charge is 0.370 e. The van der Waals surface area contributed by atoms with Crippen molar-refractivity contribution in [3.8, 4) is 0 Å². The molecule has 0 radical (unpaired) electrons. The van der Waals surface area contributed by atoms with Crippen molar-refractivity contribution in [1.82, 2.24) is 0 Å². The van der Waals surface area contributed by atoms with Crippen molar-refractivity contribution >= 4 is 5.96 Å². The molecule has 1 saturated carbocycles. The first-order valence-corrected chi connectivity index (χ1v) is 4.58. The van der Waals surface area contributed by atoms with Crippen LogP contribution in [0.2, 0.25) is 0 Å². The Labute approximate surface area is 74.2 Å². The predicted octanol–water partition coefficient (Wildman–Crippen LogP) is 1.23.